The van der Waals surface area contributed by atoms with E-state index in [1.165, 1.54) is 12.3 Å². The number of hydrogen-bond acceptors (Lipinski definition) is 4. The monoisotopic (exact) mass is 266 g/mol. The van der Waals surface area contributed by atoms with E-state index in [-0.39, 0.29) is 11.6 Å². The minimum absolute atomic E-state index is 0.281. The Morgan fingerprint density at radius 1 is 1.30 bits per heavy atom. The number of anilines is 1. The minimum Gasteiger partial charge on any atom is -0.320 e. The van der Waals surface area contributed by atoms with Crippen LogP contribution in [0.4, 0.5) is 5.69 Å². The molecule has 20 heavy (non-hydrogen) atoms. The number of nitrogens with zero attached hydrogens (tertiary/aromatic N) is 2. The summed E-state index contributed by atoms with van der Waals surface area (Å²) in [5.74, 6) is -0.293. The summed E-state index contributed by atoms with van der Waals surface area (Å²) in [4.78, 5) is 16.1. The molecular weight excluding hydrogens is 252 g/mol. The second-order valence-electron chi connectivity index (χ2n) is 4.19. The molecule has 1 aromatic heterocycles. The van der Waals surface area contributed by atoms with Crippen molar-refractivity contribution in [3.63, 3.8) is 0 Å². The van der Waals surface area contributed by atoms with Crippen LogP contribution >= 0.6 is 0 Å². The van der Waals surface area contributed by atoms with Crippen LogP contribution in [0, 0.1) is 11.3 Å². The maximum atomic E-state index is 12.1. The van der Waals surface area contributed by atoms with Gasteiger partial charge in [-0.25, -0.2) is 4.98 Å². The zero-order chi connectivity index (χ0) is 14.4. The van der Waals surface area contributed by atoms with Crippen LogP contribution in [0.1, 0.15) is 21.6 Å². The summed E-state index contributed by atoms with van der Waals surface area (Å²) < 4.78 is 0. The Balaban J connectivity index is 2.17. The van der Waals surface area contributed by atoms with Gasteiger partial charge in [-0.2, -0.15) is 5.26 Å². The molecule has 0 aliphatic carbocycles. The average molecular weight is 266 g/mol. The van der Waals surface area contributed by atoms with Crippen LogP contribution in [0.5, 0.6) is 0 Å². The first-order valence-electron chi connectivity index (χ1n) is 6.14. The molecule has 0 unspecified atom stereocenters. The van der Waals surface area contributed by atoms with E-state index in [2.05, 4.69) is 15.6 Å². The summed E-state index contributed by atoms with van der Waals surface area (Å²) in [5, 5.41) is 14.6. The van der Waals surface area contributed by atoms with E-state index in [0.29, 0.717) is 12.1 Å². The van der Waals surface area contributed by atoms with Gasteiger partial charge < -0.3 is 10.6 Å². The molecule has 2 aromatic rings. The van der Waals surface area contributed by atoms with Crippen LogP contribution in [0.25, 0.3) is 0 Å². The van der Waals surface area contributed by atoms with Crippen molar-refractivity contribution in [1.29, 1.82) is 5.26 Å². The molecule has 0 radical (unpaired) electrons. The number of nitriles is 1. The Bertz CT molecular complexity index is 644. The number of carbonyl (C=O) groups is 1. The van der Waals surface area contributed by atoms with Crippen LogP contribution in [0.3, 0.4) is 0 Å². The molecule has 100 valence electrons. The Morgan fingerprint density at radius 2 is 2.10 bits per heavy atom. The summed E-state index contributed by atoms with van der Waals surface area (Å²) in [5.41, 5.74) is 2.45. The van der Waals surface area contributed by atoms with E-state index >= 15 is 0 Å². The third-order valence-electron chi connectivity index (χ3n) is 2.76. The highest BCUT2D eigenvalue weighted by Gasteiger charge is 2.09. The van der Waals surface area contributed by atoms with Crippen LogP contribution in [0.15, 0.2) is 42.6 Å². The molecule has 0 saturated heterocycles. The SMILES string of the molecule is CNCc1ccccc1NC(=O)c1ccc(C#N)cn1. The van der Waals surface area contributed by atoms with Gasteiger partial charge >= 0.3 is 0 Å². The minimum atomic E-state index is -0.293. The number of pyridine rings is 1. The lowest BCUT2D eigenvalue weighted by Gasteiger charge is -2.10. The Labute approximate surface area is 117 Å². The van der Waals surface area contributed by atoms with Crippen LogP contribution < -0.4 is 10.6 Å². The van der Waals surface area contributed by atoms with Gasteiger partial charge in [-0.1, -0.05) is 18.2 Å². The quantitative estimate of drug-likeness (QED) is 0.886. The molecule has 0 aliphatic rings. The number of hydrogen-bond donors (Lipinski definition) is 2. The highest BCUT2D eigenvalue weighted by molar-refractivity contribution is 6.03. The van der Waals surface area contributed by atoms with Crippen LogP contribution in [-0.2, 0) is 6.54 Å². The maximum absolute atomic E-state index is 12.1. The standard InChI is InChI=1S/C15H14N4O/c1-17-10-12-4-2-3-5-13(12)19-15(20)14-7-6-11(8-16)9-18-14/h2-7,9,17H,10H2,1H3,(H,19,20). The first-order chi connectivity index (χ1) is 9.74. The summed E-state index contributed by atoms with van der Waals surface area (Å²) in [7, 11) is 1.85. The molecule has 2 rings (SSSR count). The molecule has 1 aromatic carbocycles. The molecule has 5 nitrogen and oxygen atoms in total. The summed E-state index contributed by atoms with van der Waals surface area (Å²) in [6, 6.07) is 12.6. The molecule has 0 aliphatic heterocycles. The van der Waals surface area contributed by atoms with E-state index < -0.39 is 0 Å². The first-order valence-corrected chi connectivity index (χ1v) is 6.14. The number of para-hydroxylation sites is 1. The Kier molecular flexibility index (Phi) is 4.43. The van der Waals surface area contributed by atoms with E-state index in [1.807, 2.05) is 37.4 Å². The average Bonchev–Trinajstić information content (AvgIpc) is 2.49. The van der Waals surface area contributed by atoms with Crippen molar-refractivity contribution in [2.45, 2.75) is 6.54 Å². The normalized spacial score (nSPS) is 9.80. The van der Waals surface area contributed by atoms with E-state index in [0.717, 1.165) is 11.3 Å². The molecule has 2 N–H and O–H groups in total. The lowest BCUT2D eigenvalue weighted by Crippen LogP contribution is -2.16. The largest absolute Gasteiger partial charge is 0.320 e. The van der Waals surface area contributed by atoms with Crippen molar-refractivity contribution >= 4 is 11.6 Å². The Hall–Kier alpha value is -2.71. The summed E-state index contributed by atoms with van der Waals surface area (Å²) in [6.45, 7) is 0.664. The Morgan fingerprint density at radius 3 is 2.75 bits per heavy atom. The van der Waals surface area contributed by atoms with Gasteiger partial charge in [0, 0.05) is 18.4 Å². The van der Waals surface area contributed by atoms with Crippen molar-refractivity contribution in [3.05, 3.63) is 59.4 Å². The maximum Gasteiger partial charge on any atom is 0.274 e. The van der Waals surface area contributed by atoms with Gasteiger partial charge in [-0.15, -0.1) is 0 Å². The van der Waals surface area contributed by atoms with Gasteiger partial charge in [-0.05, 0) is 30.8 Å². The number of benzene rings is 1. The second-order valence-corrected chi connectivity index (χ2v) is 4.19. The van der Waals surface area contributed by atoms with Gasteiger partial charge in [0.1, 0.15) is 11.8 Å². The zero-order valence-corrected chi connectivity index (χ0v) is 11.1. The van der Waals surface area contributed by atoms with E-state index in [9.17, 15) is 4.79 Å². The molecule has 1 heterocycles. The van der Waals surface area contributed by atoms with Crippen molar-refractivity contribution < 1.29 is 4.79 Å². The van der Waals surface area contributed by atoms with Crippen molar-refractivity contribution in [1.82, 2.24) is 10.3 Å². The number of amides is 1. The number of carbonyl (C=O) groups excluding carboxylic acids is 1. The van der Waals surface area contributed by atoms with Gasteiger partial charge in [0.15, 0.2) is 0 Å². The molecular formula is C15H14N4O. The fraction of sp³-hybridized carbons (Fsp3) is 0.133. The van der Waals surface area contributed by atoms with Gasteiger partial charge in [0.05, 0.1) is 5.56 Å². The topological polar surface area (TPSA) is 77.8 Å². The summed E-state index contributed by atoms with van der Waals surface area (Å²) in [6.07, 6.45) is 1.38. The van der Waals surface area contributed by atoms with Crippen LogP contribution in [-0.4, -0.2) is 17.9 Å². The fourth-order valence-corrected chi connectivity index (χ4v) is 1.77. The molecule has 0 fully saturated rings. The number of rotatable bonds is 4. The van der Waals surface area contributed by atoms with Crippen molar-refractivity contribution in [3.8, 4) is 6.07 Å². The molecule has 1 amide bonds. The molecule has 5 heteroatoms. The van der Waals surface area contributed by atoms with Crippen LogP contribution in [0.2, 0.25) is 0 Å². The smallest absolute Gasteiger partial charge is 0.274 e. The third-order valence-corrected chi connectivity index (χ3v) is 2.76. The van der Waals surface area contributed by atoms with Gasteiger partial charge in [-0.3, -0.25) is 4.79 Å². The molecule has 0 atom stereocenters. The molecule has 0 bridgehead atoms. The predicted octanol–water partition coefficient (Wildman–Crippen LogP) is 1.92. The number of nitrogens with one attached hydrogen (secondary N) is 2. The fourth-order valence-electron chi connectivity index (χ4n) is 1.77. The lowest BCUT2D eigenvalue weighted by molar-refractivity contribution is 0.102. The van der Waals surface area contributed by atoms with E-state index in [1.54, 1.807) is 6.07 Å². The van der Waals surface area contributed by atoms with Gasteiger partial charge in [0.2, 0.25) is 0 Å². The lowest BCUT2D eigenvalue weighted by atomic mass is 10.1. The molecule has 0 saturated carbocycles. The summed E-state index contributed by atoms with van der Waals surface area (Å²) >= 11 is 0. The van der Waals surface area contributed by atoms with E-state index in [4.69, 9.17) is 5.26 Å². The predicted molar refractivity (Wildman–Crippen MR) is 76.1 cm³/mol. The first kappa shape index (κ1) is 13.7. The molecule has 0 spiro atoms. The second kappa shape index (κ2) is 6.45. The highest BCUT2D eigenvalue weighted by Crippen LogP contribution is 2.15. The number of aromatic nitrogens is 1. The van der Waals surface area contributed by atoms with Gasteiger partial charge in [0.25, 0.3) is 5.91 Å². The third kappa shape index (κ3) is 3.19. The zero-order valence-electron chi connectivity index (χ0n) is 11.1. The highest BCUT2D eigenvalue weighted by atomic mass is 16.1. The van der Waals surface area contributed by atoms with Crippen molar-refractivity contribution in [2.24, 2.45) is 0 Å². The van der Waals surface area contributed by atoms with Crippen molar-refractivity contribution in [2.75, 3.05) is 12.4 Å².